The second-order valence-corrected chi connectivity index (χ2v) is 6.55. The molecule has 2 aliphatic rings. The molecule has 1 amide bonds. The molecule has 0 radical (unpaired) electrons. The molecule has 4 nitrogen and oxygen atoms in total. The third-order valence-electron chi connectivity index (χ3n) is 5.24. The van der Waals surface area contributed by atoms with Crippen LogP contribution in [0, 0.1) is 12.8 Å². The van der Waals surface area contributed by atoms with E-state index in [1.54, 1.807) is 0 Å². The van der Waals surface area contributed by atoms with Crippen LogP contribution in [0.25, 0.3) is 0 Å². The highest BCUT2D eigenvalue weighted by Crippen LogP contribution is 2.28. The fourth-order valence-electron chi connectivity index (χ4n) is 3.80. The quantitative estimate of drug-likeness (QED) is 0.928. The van der Waals surface area contributed by atoms with Crippen LogP contribution in [0.1, 0.15) is 50.0 Å². The van der Waals surface area contributed by atoms with Gasteiger partial charge in [0.05, 0.1) is 6.04 Å². The molecule has 0 saturated carbocycles. The predicted molar refractivity (Wildman–Crippen MR) is 84.1 cm³/mol. The molecule has 21 heavy (non-hydrogen) atoms. The molecule has 1 unspecified atom stereocenters. The van der Waals surface area contributed by atoms with Crippen LogP contribution < -0.4 is 5.32 Å². The van der Waals surface area contributed by atoms with Crippen molar-refractivity contribution in [1.82, 2.24) is 14.8 Å². The van der Waals surface area contributed by atoms with Crippen LogP contribution >= 0.6 is 0 Å². The molecule has 1 fully saturated rings. The molecule has 3 heterocycles. The van der Waals surface area contributed by atoms with Gasteiger partial charge in [0.1, 0.15) is 0 Å². The topological polar surface area (TPSA) is 37.3 Å². The van der Waals surface area contributed by atoms with E-state index < -0.39 is 0 Å². The Morgan fingerprint density at radius 3 is 2.81 bits per heavy atom. The first kappa shape index (κ1) is 14.6. The number of carbonyl (C=O) groups is 1. The van der Waals surface area contributed by atoms with Crippen LogP contribution in [0.15, 0.2) is 12.1 Å². The summed E-state index contributed by atoms with van der Waals surface area (Å²) in [6.45, 7) is 8.33. The number of piperidine rings is 1. The van der Waals surface area contributed by atoms with Crippen LogP contribution in [-0.4, -0.2) is 35.0 Å². The predicted octanol–water partition coefficient (Wildman–Crippen LogP) is 2.48. The van der Waals surface area contributed by atoms with Crippen molar-refractivity contribution < 1.29 is 4.79 Å². The van der Waals surface area contributed by atoms with E-state index >= 15 is 0 Å². The number of nitrogens with one attached hydrogen (secondary N) is 1. The molecule has 0 spiro atoms. The summed E-state index contributed by atoms with van der Waals surface area (Å²) in [4.78, 5) is 14.6. The highest BCUT2D eigenvalue weighted by atomic mass is 16.2. The molecule has 1 atom stereocenters. The number of fused-ring (bicyclic) bond motifs is 1. The minimum Gasteiger partial charge on any atom is -0.345 e. The Hall–Kier alpha value is -1.29. The Morgan fingerprint density at radius 1 is 1.29 bits per heavy atom. The third-order valence-corrected chi connectivity index (χ3v) is 5.24. The number of carbonyl (C=O) groups excluding carboxylic acids is 1. The monoisotopic (exact) mass is 289 g/mol. The molecule has 1 aromatic heterocycles. The fourth-order valence-corrected chi connectivity index (χ4v) is 3.80. The number of aromatic nitrogens is 1. The van der Waals surface area contributed by atoms with Crippen molar-refractivity contribution in [3.8, 4) is 0 Å². The third kappa shape index (κ3) is 3.00. The summed E-state index contributed by atoms with van der Waals surface area (Å²) >= 11 is 0. The maximum atomic E-state index is 12.6. The second-order valence-electron chi connectivity index (χ2n) is 6.55. The van der Waals surface area contributed by atoms with Crippen LogP contribution in [0.3, 0.4) is 0 Å². The fraction of sp³-hybridized carbons (Fsp3) is 0.706. The Labute approximate surface area is 127 Å². The normalized spacial score (nSPS) is 23.1. The van der Waals surface area contributed by atoms with Crippen molar-refractivity contribution in [2.75, 3.05) is 19.6 Å². The number of hydrogen-bond donors (Lipinski definition) is 1. The zero-order valence-corrected chi connectivity index (χ0v) is 13.3. The lowest BCUT2D eigenvalue weighted by molar-refractivity contribution is -0.134. The van der Waals surface area contributed by atoms with E-state index in [-0.39, 0.29) is 6.04 Å². The Morgan fingerprint density at radius 2 is 2.05 bits per heavy atom. The summed E-state index contributed by atoms with van der Waals surface area (Å²) in [5, 5.41) is 3.39. The molecule has 0 aliphatic carbocycles. The smallest absolute Gasteiger partial charge is 0.223 e. The average Bonchev–Trinajstić information content (AvgIpc) is 2.89. The average molecular weight is 289 g/mol. The molecule has 3 rings (SSSR count). The summed E-state index contributed by atoms with van der Waals surface area (Å²) in [5.41, 5.74) is 2.59. The molecule has 1 N–H and O–H groups in total. The van der Waals surface area contributed by atoms with Gasteiger partial charge < -0.3 is 14.8 Å². The lowest BCUT2D eigenvalue weighted by Crippen LogP contribution is -2.41. The van der Waals surface area contributed by atoms with Crippen molar-refractivity contribution in [3.05, 3.63) is 23.5 Å². The summed E-state index contributed by atoms with van der Waals surface area (Å²) in [6, 6.07) is 4.55. The summed E-state index contributed by atoms with van der Waals surface area (Å²) in [6.07, 6.45) is 4.23. The first-order valence-electron chi connectivity index (χ1n) is 8.33. The lowest BCUT2D eigenvalue weighted by Gasteiger charge is -2.36. The van der Waals surface area contributed by atoms with Gasteiger partial charge in [-0.2, -0.15) is 0 Å². The van der Waals surface area contributed by atoms with Crippen molar-refractivity contribution in [3.63, 3.8) is 0 Å². The molecule has 4 heteroatoms. The van der Waals surface area contributed by atoms with Gasteiger partial charge in [-0.25, -0.2) is 0 Å². The van der Waals surface area contributed by atoms with Gasteiger partial charge in [0.15, 0.2) is 0 Å². The van der Waals surface area contributed by atoms with Crippen LogP contribution in [-0.2, 0) is 11.3 Å². The SMILES string of the molecule is Cc1ccc2n1CCN(C(=O)CCC1CCNCC1)C2C. The first-order valence-corrected chi connectivity index (χ1v) is 8.33. The van der Waals surface area contributed by atoms with Gasteiger partial charge in [-0.05, 0) is 64.3 Å². The first-order chi connectivity index (χ1) is 10.2. The second kappa shape index (κ2) is 6.22. The number of aryl methyl sites for hydroxylation is 1. The minimum atomic E-state index is 0.216. The Balaban J connectivity index is 1.58. The highest BCUT2D eigenvalue weighted by molar-refractivity contribution is 5.76. The van der Waals surface area contributed by atoms with Gasteiger partial charge in [0, 0.05) is 30.9 Å². The number of amides is 1. The maximum absolute atomic E-state index is 12.6. The van der Waals surface area contributed by atoms with E-state index in [1.807, 2.05) is 0 Å². The molecule has 1 aromatic rings. The Kier molecular flexibility index (Phi) is 4.34. The van der Waals surface area contributed by atoms with Gasteiger partial charge in [-0.3, -0.25) is 4.79 Å². The molecule has 1 saturated heterocycles. The molecule has 0 aromatic carbocycles. The van der Waals surface area contributed by atoms with Gasteiger partial charge in [0.25, 0.3) is 0 Å². The number of rotatable bonds is 3. The van der Waals surface area contributed by atoms with Crippen LogP contribution in [0.4, 0.5) is 0 Å². The summed E-state index contributed by atoms with van der Waals surface area (Å²) < 4.78 is 2.35. The zero-order chi connectivity index (χ0) is 14.8. The molecular formula is C17H27N3O. The molecule has 0 bridgehead atoms. The van der Waals surface area contributed by atoms with Crippen LogP contribution in [0.5, 0.6) is 0 Å². The standard InChI is InChI=1S/C17H27N3O/c1-13-3-5-16-14(2)20(12-11-19(13)16)17(21)6-4-15-7-9-18-10-8-15/h3,5,14-15,18H,4,6-12H2,1-2H3. The maximum Gasteiger partial charge on any atom is 0.223 e. The highest BCUT2D eigenvalue weighted by Gasteiger charge is 2.28. The van der Waals surface area contributed by atoms with Gasteiger partial charge in [0.2, 0.25) is 5.91 Å². The van der Waals surface area contributed by atoms with Crippen LogP contribution in [0.2, 0.25) is 0 Å². The largest absolute Gasteiger partial charge is 0.345 e. The van der Waals surface area contributed by atoms with Crippen molar-refractivity contribution in [2.45, 2.75) is 52.1 Å². The molecule has 116 valence electrons. The van der Waals surface area contributed by atoms with E-state index in [9.17, 15) is 4.79 Å². The van der Waals surface area contributed by atoms with Gasteiger partial charge >= 0.3 is 0 Å². The van der Waals surface area contributed by atoms with E-state index in [0.29, 0.717) is 12.3 Å². The van der Waals surface area contributed by atoms with Crippen molar-refractivity contribution in [1.29, 1.82) is 0 Å². The number of nitrogens with zero attached hydrogens (tertiary/aromatic N) is 2. The van der Waals surface area contributed by atoms with Crippen molar-refractivity contribution >= 4 is 5.91 Å². The van der Waals surface area contributed by atoms with E-state index in [2.05, 4.69) is 40.8 Å². The zero-order valence-electron chi connectivity index (χ0n) is 13.3. The van der Waals surface area contributed by atoms with Crippen molar-refractivity contribution in [2.24, 2.45) is 5.92 Å². The summed E-state index contributed by atoms with van der Waals surface area (Å²) in [7, 11) is 0. The van der Waals surface area contributed by atoms with E-state index in [4.69, 9.17) is 0 Å². The number of hydrogen-bond acceptors (Lipinski definition) is 2. The van der Waals surface area contributed by atoms with E-state index in [1.165, 1.54) is 24.2 Å². The summed E-state index contributed by atoms with van der Waals surface area (Å²) in [5.74, 6) is 1.08. The molecule has 2 aliphatic heterocycles. The molecular weight excluding hydrogens is 262 g/mol. The Bertz CT molecular complexity index is 502. The minimum absolute atomic E-state index is 0.216. The van der Waals surface area contributed by atoms with Gasteiger partial charge in [-0.15, -0.1) is 0 Å². The van der Waals surface area contributed by atoms with Gasteiger partial charge in [-0.1, -0.05) is 0 Å². The lowest BCUT2D eigenvalue weighted by atomic mass is 9.93. The van der Waals surface area contributed by atoms with E-state index in [0.717, 1.165) is 38.5 Å².